The largest absolute Gasteiger partial charge is 0.388 e. The molecule has 0 amide bonds. The third-order valence-corrected chi connectivity index (χ3v) is 4.76. The molecule has 20 heavy (non-hydrogen) atoms. The molecule has 2 aliphatic heterocycles. The van der Waals surface area contributed by atoms with E-state index >= 15 is 0 Å². The highest BCUT2D eigenvalue weighted by Gasteiger charge is 2.45. The summed E-state index contributed by atoms with van der Waals surface area (Å²) in [4.78, 5) is 4.55. The molecule has 5 heteroatoms. The second kappa shape index (κ2) is 5.26. The summed E-state index contributed by atoms with van der Waals surface area (Å²) >= 11 is 0. The van der Waals surface area contributed by atoms with Gasteiger partial charge in [-0.2, -0.15) is 0 Å². The number of pyridine rings is 1. The van der Waals surface area contributed by atoms with Crippen LogP contribution in [0.2, 0.25) is 0 Å². The fourth-order valence-electron chi connectivity index (χ4n) is 3.80. The quantitative estimate of drug-likeness (QED) is 0.799. The Kier molecular flexibility index (Phi) is 3.75. The Morgan fingerprint density at radius 1 is 1.30 bits per heavy atom. The summed E-state index contributed by atoms with van der Waals surface area (Å²) in [6.45, 7) is 2.11. The van der Waals surface area contributed by atoms with Gasteiger partial charge in [0.25, 0.3) is 0 Å². The average molecular weight is 298 g/mol. The van der Waals surface area contributed by atoms with Gasteiger partial charge in [-0.1, -0.05) is 0 Å². The van der Waals surface area contributed by atoms with E-state index < -0.39 is 0 Å². The minimum Gasteiger partial charge on any atom is -0.388 e. The van der Waals surface area contributed by atoms with Gasteiger partial charge in [0.2, 0.25) is 0 Å². The van der Waals surface area contributed by atoms with Crippen molar-refractivity contribution in [1.29, 1.82) is 0 Å². The highest BCUT2D eigenvalue weighted by molar-refractivity contribution is 5.85. The zero-order valence-electron chi connectivity index (χ0n) is 11.4. The Bertz CT molecular complexity index is 509. The predicted octanol–water partition coefficient (Wildman–Crippen LogP) is 2.41. The number of fused-ring (bicyclic) bond motifs is 4. The standard InChI is InChI=1S/C15H19NO3.ClH/c17-12-3-1-2-11-13(12)14-10(8-16-11)9-19-15(14)4-6-18-7-5-15;/h8,12,17H,1-7,9H2;1H. The van der Waals surface area contributed by atoms with E-state index in [0.29, 0.717) is 6.61 Å². The fraction of sp³-hybridized carbons (Fsp3) is 0.667. The molecule has 1 spiro atoms. The van der Waals surface area contributed by atoms with Crippen molar-refractivity contribution in [3.8, 4) is 0 Å². The highest BCUT2D eigenvalue weighted by Crippen LogP contribution is 2.48. The van der Waals surface area contributed by atoms with Crippen molar-refractivity contribution in [3.63, 3.8) is 0 Å². The molecule has 3 aliphatic rings. The number of halogens is 1. The molecule has 4 nitrogen and oxygen atoms in total. The van der Waals surface area contributed by atoms with E-state index in [2.05, 4.69) is 4.98 Å². The molecule has 0 saturated carbocycles. The normalized spacial score (nSPS) is 26.8. The lowest BCUT2D eigenvalue weighted by Crippen LogP contribution is -2.35. The van der Waals surface area contributed by atoms with Crippen LogP contribution in [0.15, 0.2) is 6.20 Å². The second-order valence-electron chi connectivity index (χ2n) is 5.82. The maximum Gasteiger partial charge on any atom is 0.0988 e. The SMILES string of the molecule is Cl.OC1CCCc2ncc3c(c21)C1(CCOCC1)OC3. The maximum atomic E-state index is 10.4. The van der Waals surface area contributed by atoms with Crippen LogP contribution >= 0.6 is 12.4 Å². The van der Waals surface area contributed by atoms with Gasteiger partial charge in [-0.05, 0) is 24.8 Å². The first kappa shape index (κ1) is 14.3. The topological polar surface area (TPSA) is 51.6 Å². The van der Waals surface area contributed by atoms with Gasteiger partial charge in [-0.25, -0.2) is 0 Å². The van der Waals surface area contributed by atoms with Crippen LogP contribution in [0.4, 0.5) is 0 Å². The van der Waals surface area contributed by atoms with Crippen molar-refractivity contribution >= 4 is 12.4 Å². The molecule has 1 aromatic heterocycles. The minimum absolute atomic E-state index is 0. The van der Waals surface area contributed by atoms with Gasteiger partial charge in [-0.3, -0.25) is 4.98 Å². The number of aryl methyl sites for hydroxylation is 1. The monoisotopic (exact) mass is 297 g/mol. The van der Waals surface area contributed by atoms with E-state index in [4.69, 9.17) is 9.47 Å². The van der Waals surface area contributed by atoms with Crippen LogP contribution in [0.5, 0.6) is 0 Å². The van der Waals surface area contributed by atoms with Gasteiger partial charge in [0.15, 0.2) is 0 Å². The molecule has 1 aromatic rings. The van der Waals surface area contributed by atoms with E-state index in [0.717, 1.165) is 56.6 Å². The Morgan fingerprint density at radius 2 is 2.10 bits per heavy atom. The van der Waals surface area contributed by atoms with Crippen LogP contribution in [0.1, 0.15) is 54.2 Å². The molecule has 0 aromatic carbocycles. The number of aliphatic hydroxyl groups is 1. The molecule has 1 N–H and O–H groups in total. The number of ether oxygens (including phenoxy) is 2. The summed E-state index contributed by atoms with van der Waals surface area (Å²) < 4.78 is 11.6. The van der Waals surface area contributed by atoms with E-state index in [1.165, 1.54) is 11.1 Å². The summed E-state index contributed by atoms with van der Waals surface area (Å²) in [5, 5.41) is 10.4. The van der Waals surface area contributed by atoms with Crippen molar-refractivity contribution in [2.24, 2.45) is 0 Å². The number of aromatic nitrogens is 1. The van der Waals surface area contributed by atoms with Gasteiger partial charge in [-0.15, -0.1) is 12.4 Å². The van der Waals surface area contributed by atoms with Crippen LogP contribution in [-0.2, 0) is 28.1 Å². The van der Waals surface area contributed by atoms with Crippen molar-refractivity contribution in [1.82, 2.24) is 4.98 Å². The molecule has 1 fully saturated rings. The van der Waals surface area contributed by atoms with Crippen LogP contribution in [0.25, 0.3) is 0 Å². The van der Waals surface area contributed by atoms with Gasteiger partial charge in [0, 0.05) is 49.1 Å². The third kappa shape index (κ3) is 1.98. The van der Waals surface area contributed by atoms with Crippen LogP contribution in [0.3, 0.4) is 0 Å². The Hall–Kier alpha value is -0.680. The molecule has 1 unspecified atom stereocenters. The molecule has 1 aliphatic carbocycles. The van der Waals surface area contributed by atoms with Crippen LogP contribution < -0.4 is 0 Å². The predicted molar refractivity (Wildman–Crippen MR) is 75.9 cm³/mol. The number of nitrogens with zero attached hydrogens (tertiary/aromatic N) is 1. The zero-order valence-corrected chi connectivity index (χ0v) is 12.2. The first-order chi connectivity index (χ1) is 9.30. The molecular formula is C15H20ClNO3. The molecule has 1 saturated heterocycles. The summed E-state index contributed by atoms with van der Waals surface area (Å²) in [6, 6.07) is 0. The summed E-state index contributed by atoms with van der Waals surface area (Å²) in [7, 11) is 0. The number of hydrogen-bond acceptors (Lipinski definition) is 4. The minimum atomic E-state index is -0.368. The number of aliphatic hydroxyl groups excluding tert-OH is 1. The van der Waals surface area contributed by atoms with E-state index in [1.807, 2.05) is 6.20 Å². The van der Waals surface area contributed by atoms with Crippen LogP contribution in [-0.4, -0.2) is 23.3 Å². The zero-order chi connectivity index (χ0) is 12.9. The molecule has 0 bridgehead atoms. The molecule has 1 atom stereocenters. The number of rotatable bonds is 0. The lowest BCUT2D eigenvalue weighted by Gasteiger charge is -2.36. The lowest BCUT2D eigenvalue weighted by molar-refractivity contribution is -0.108. The molecular weight excluding hydrogens is 278 g/mol. The second-order valence-corrected chi connectivity index (χ2v) is 5.82. The van der Waals surface area contributed by atoms with Gasteiger partial charge < -0.3 is 14.6 Å². The molecule has 110 valence electrons. The van der Waals surface area contributed by atoms with E-state index in [9.17, 15) is 5.11 Å². The smallest absolute Gasteiger partial charge is 0.0988 e. The van der Waals surface area contributed by atoms with Crippen molar-refractivity contribution in [3.05, 3.63) is 28.6 Å². The molecule has 3 heterocycles. The fourth-order valence-corrected chi connectivity index (χ4v) is 3.80. The third-order valence-electron chi connectivity index (χ3n) is 4.76. The molecule has 0 radical (unpaired) electrons. The lowest BCUT2D eigenvalue weighted by atomic mass is 9.78. The van der Waals surface area contributed by atoms with Gasteiger partial charge in [0.05, 0.1) is 18.3 Å². The first-order valence-corrected chi connectivity index (χ1v) is 7.21. The Morgan fingerprint density at radius 3 is 2.90 bits per heavy atom. The van der Waals surface area contributed by atoms with Crippen LogP contribution in [0, 0.1) is 0 Å². The van der Waals surface area contributed by atoms with Gasteiger partial charge >= 0.3 is 0 Å². The maximum absolute atomic E-state index is 10.4. The first-order valence-electron chi connectivity index (χ1n) is 7.21. The van der Waals surface area contributed by atoms with Gasteiger partial charge in [0.1, 0.15) is 0 Å². The van der Waals surface area contributed by atoms with Crippen molar-refractivity contribution in [2.45, 2.75) is 50.4 Å². The Balaban J connectivity index is 0.00000121. The van der Waals surface area contributed by atoms with Crippen molar-refractivity contribution in [2.75, 3.05) is 13.2 Å². The summed E-state index contributed by atoms with van der Waals surface area (Å²) in [5.41, 5.74) is 4.34. The summed E-state index contributed by atoms with van der Waals surface area (Å²) in [6.07, 6.45) is 6.22. The number of hydrogen-bond donors (Lipinski definition) is 1. The van der Waals surface area contributed by atoms with Crippen molar-refractivity contribution < 1.29 is 14.6 Å². The average Bonchev–Trinajstić information content (AvgIpc) is 2.79. The Labute approximate surface area is 124 Å². The summed E-state index contributed by atoms with van der Waals surface area (Å²) in [5.74, 6) is 0. The highest BCUT2D eigenvalue weighted by atomic mass is 35.5. The molecule has 4 rings (SSSR count). The van der Waals surface area contributed by atoms with E-state index in [-0.39, 0.29) is 24.1 Å². The van der Waals surface area contributed by atoms with E-state index in [1.54, 1.807) is 0 Å².